The van der Waals surface area contributed by atoms with Gasteiger partial charge in [-0.3, -0.25) is 4.79 Å². The van der Waals surface area contributed by atoms with Crippen LogP contribution in [-0.4, -0.2) is 17.0 Å². The van der Waals surface area contributed by atoms with E-state index in [-0.39, 0.29) is 16.8 Å². The number of carboxylic acids is 1. The van der Waals surface area contributed by atoms with E-state index >= 15 is 0 Å². The summed E-state index contributed by atoms with van der Waals surface area (Å²) in [7, 11) is 0. The molecule has 7 heteroatoms. The topological polar surface area (TPSA) is 66.4 Å². The van der Waals surface area contributed by atoms with E-state index < -0.39 is 17.7 Å². The van der Waals surface area contributed by atoms with E-state index in [4.69, 9.17) is 16.7 Å². The molecule has 0 heterocycles. The first-order chi connectivity index (χ1) is 9.90. The van der Waals surface area contributed by atoms with Crippen molar-refractivity contribution in [2.24, 2.45) is 0 Å². The Morgan fingerprint density at radius 1 is 1.19 bits per heavy atom. The van der Waals surface area contributed by atoms with Gasteiger partial charge in [-0.05, 0) is 52.9 Å². The highest BCUT2D eigenvalue weighted by Gasteiger charge is 2.18. The van der Waals surface area contributed by atoms with Gasteiger partial charge < -0.3 is 10.4 Å². The SMILES string of the molecule is O=C(Nc1c(F)cccc1C(=O)O)c1cc(Cl)ccc1I. The fraction of sp³-hybridized carbons (Fsp3) is 0. The third-order valence-electron chi connectivity index (χ3n) is 2.66. The number of benzene rings is 2. The molecule has 0 radical (unpaired) electrons. The van der Waals surface area contributed by atoms with E-state index in [1.807, 2.05) is 22.6 Å². The van der Waals surface area contributed by atoms with Gasteiger partial charge in [0, 0.05) is 8.59 Å². The second kappa shape index (κ2) is 6.40. The van der Waals surface area contributed by atoms with Gasteiger partial charge in [-0.25, -0.2) is 9.18 Å². The molecule has 21 heavy (non-hydrogen) atoms. The molecule has 0 saturated carbocycles. The lowest BCUT2D eigenvalue weighted by atomic mass is 10.1. The average Bonchev–Trinajstić information content (AvgIpc) is 2.43. The van der Waals surface area contributed by atoms with Gasteiger partial charge in [-0.2, -0.15) is 0 Å². The number of hydrogen-bond acceptors (Lipinski definition) is 2. The number of carbonyl (C=O) groups is 2. The van der Waals surface area contributed by atoms with Crippen molar-refractivity contribution >= 4 is 51.8 Å². The third-order valence-corrected chi connectivity index (χ3v) is 3.83. The first-order valence-corrected chi connectivity index (χ1v) is 7.14. The monoisotopic (exact) mass is 419 g/mol. The highest BCUT2D eigenvalue weighted by atomic mass is 127. The number of amides is 1. The molecule has 0 aliphatic rings. The molecular formula is C14H8ClFINO3. The van der Waals surface area contributed by atoms with Crippen LogP contribution in [0.4, 0.5) is 10.1 Å². The summed E-state index contributed by atoms with van der Waals surface area (Å²) < 4.78 is 14.4. The molecule has 0 bridgehead atoms. The third kappa shape index (κ3) is 3.51. The van der Waals surface area contributed by atoms with Crippen LogP contribution in [-0.2, 0) is 0 Å². The van der Waals surface area contributed by atoms with Gasteiger partial charge in [-0.15, -0.1) is 0 Å². The Bertz CT molecular complexity index is 736. The number of hydrogen-bond donors (Lipinski definition) is 2. The molecule has 0 aromatic heterocycles. The van der Waals surface area contributed by atoms with Crippen molar-refractivity contribution in [2.45, 2.75) is 0 Å². The number of anilines is 1. The van der Waals surface area contributed by atoms with Gasteiger partial charge in [0.1, 0.15) is 5.82 Å². The molecule has 4 nitrogen and oxygen atoms in total. The van der Waals surface area contributed by atoms with E-state index in [0.29, 0.717) is 8.59 Å². The molecule has 2 rings (SSSR count). The van der Waals surface area contributed by atoms with Crippen LogP contribution in [0.1, 0.15) is 20.7 Å². The Balaban J connectivity index is 2.41. The molecular weight excluding hydrogens is 412 g/mol. The van der Waals surface area contributed by atoms with Crippen LogP contribution in [0.25, 0.3) is 0 Å². The van der Waals surface area contributed by atoms with Gasteiger partial charge in [0.15, 0.2) is 0 Å². The highest BCUT2D eigenvalue weighted by Crippen LogP contribution is 2.23. The van der Waals surface area contributed by atoms with Crippen molar-refractivity contribution in [3.05, 3.63) is 61.9 Å². The maximum Gasteiger partial charge on any atom is 0.337 e. The minimum Gasteiger partial charge on any atom is -0.478 e. The molecule has 1 amide bonds. The van der Waals surface area contributed by atoms with E-state index in [9.17, 15) is 14.0 Å². The Morgan fingerprint density at radius 2 is 1.90 bits per heavy atom. The second-order valence-corrected chi connectivity index (χ2v) is 5.64. The predicted molar refractivity (Wildman–Crippen MR) is 85.5 cm³/mol. The summed E-state index contributed by atoms with van der Waals surface area (Å²) in [6.07, 6.45) is 0. The first kappa shape index (κ1) is 15.7. The zero-order valence-corrected chi connectivity index (χ0v) is 13.3. The van der Waals surface area contributed by atoms with Crippen molar-refractivity contribution in [3.8, 4) is 0 Å². The summed E-state index contributed by atoms with van der Waals surface area (Å²) in [5.41, 5.74) is -0.450. The number of carbonyl (C=O) groups excluding carboxylic acids is 1. The number of nitrogens with one attached hydrogen (secondary N) is 1. The molecule has 2 aromatic carbocycles. The highest BCUT2D eigenvalue weighted by molar-refractivity contribution is 14.1. The summed E-state index contributed by atoms with van der Waals surface area (Å²) in [6, 6.07) is 8.23. The van der Waals surface area contributed by atoms with Crippen LogP contribution in [0.15, 0.2) is 36.4 Å². The second-order valence-electron chi connectivity index (χ2n) is 4.05. The normalized spacial score (nSPS) is 10.2. The van der Waals surface area contributed by atoms with Crippen LogP contribution < -0.4 is 5.32 Å². The van der Waals surface area contributed by atoms with Gasteiger partial charge in [0.05, 0.1) is 16.8 Å². The van der Waals surface area contributed by atoms with Crippen molar-refractivity contribution in [2.75, 3.05) is 5.32 Å². The smallest absolute Gasteiger partial charge is 0.337 e. The number of rotatable bonds is 3. The summed E-state index contributed by atoms with van der Waals surface area (Å²) in [5.74, 6) is -2.78. The number of aromatic carboxylic acids is 1. The molecule has 0 aliphatic heterocycles. The standard InChI is InChI=1S/C14H8ClFINO3/c15-7-4-5-11(17)9(6-7)13(19)18-12-8(14(20)21)2-1-3-10(12)16/h1-6H,(H,18,19)(H,20,21). The van der Waals surface area contributed by atoms with Crippen molar-refractivity contribution in [1.82, 2.24) is 0 Å². The van der Waals surface area contributed by atoms with Crippen LogP contribution in [0.5, 0.6) is 0 Å². The summed E-state index contributed by atoms with van der Waals surface area (Å²) in [6.45, 7) is 0. The summed E-state index contributed by atoms with van der Waals surface area (Å²) in [4.78, 5) is 23.3. The van der Waals surface area contributed by atoms with E-state index in [2.05, 4.69) is 5.32 Å². The first-order valence-electron chi connectivity index (χ1n) is 5.68. The molecule has 2 N–H and O–H groups in total. The van der Waals surface area contributed by atoms with E-state index in [0.717, 1.165) is 6.07 Å². The Hall–Kier alpha value is -1.67. The largest absolute Gasteiger partial charge is 0.478 e. The maximum absolute atomic E-state index is 13.8. The molecule has 0 aliphatic carbocycles. The minimum atomic E-state index is -1.33. The predicted octanol–water partition coefficient (Wildman–Crippen LogP) is 4.03. The van der Waals surface area contributed by atoms with E-state index in [1.54, 1.807) is 12.1 Å². The Labute approximate surface area is 138 Å². The molecule has 2 aromatic rings. The lowest BCUT2D eigenvalue weighted by molar-refractivity contribution is 0.0697. The molecule has 0 unspecified atom stereocenters. The van der Waals surface area contributed by atoms with Gasteiger partial charge in [-0.1, -0.05) is 17.7 Å². The van der Waals surface area contributed by atoms with Crippen LogP contribution in [0.3, 0.4) is 0 Å². The molecule has 0 atom stereocenters. The van der Waals surface area contributed by atoms with Crippen molar-refractivity contribution in [3.63, 3.8) is 0 Å². The summed E-state index contributed by atoms with van der Waals surface area (Å²) >= 11 is 7.76. The fourth-order valence-corrected chi connectivity index (χ4v) is 2.43. The van der Waals surface area contributed by atoms with Gasteiger partial charge in [0.25, 0.3) is 5.91 Å². The van der Waals surface area contributed by atoms with Crippen LogP contribution in [0, 0.1) is 9.39 Å². The Kier molecular flexibility index (Phi) is 4.79. The lowest BCUT2D eigenvalue weighted by Crippen LogP contribution is -2.17. The number of halogens is 3. The van der Waals surface area contributed by atoms with Gasteiger partial charge >= 0.3 is 5.97 Å². The molecule has 0 spiro atoms. The quantitative estimate of drug-likeness (QED) is 0.738. The Morgan fingerprint density at radius 3 is 2.57 bits per heavy atom. The zero-order chi connectivity index (χ0) is 15.6. The minimum absolute atomic E-state index is 0.239. The number of carboxylic acid groups (broad SMARTS) is 1. The van der Waals surface area contributed by atoms with Gasteiger partial charge in [0.2, 0.25) is 0 Å². The van der Waals surface area contributed by atoms with Crippen LogP contribution in [0.2, 0.25) is 5.02 Å². The molecule has 0 saturated heterocycles. The lowest BCUT2D eigenvalue weighted by Gasteiger charge is -2.10. The average molecular weight is 420 g/mol. The maximum atomic E-state index is 13.8. The zero-order valence-electron chi connectivity index (χ0n) is 10.4. The van der Waals surface area contributed by atoms with Crippen LogP contribution >= 0.6 is 34.2 Å². The molecule has 0 fully saturated rings. The molecule has 108 valence electrons. The van der Waals surface area contributed by atoms with E-state index in [1.165, 1.54) is 18.2 Å². The number of para-hydroxylation sites is 1. The fourth-order valence-electron chi connectivity index (χ4n) is 1.68. The summed E-state index contributed by atoms with van der Waals surface area (Å²) in [5, 5.41) is 11.7. The van der Waals surface area contributed by atoms with Crippen molar-refractivity contribution in [1.29, 1.82) is 0 Å². The van der Waals surface area contributed by atoms with Crippen molar-refractivity contribution < 1.29 is 19.1 Å².